The Morgan fingerprint density at radius 3 is 2.65 bits per heavy atom. The van der Waals surface area contributed by atoms with Crippen LogP contribution < -0.4 is 19.8 Å². The van der Waals surface area contributed by atoms with Crippen LogP contribution in [-0.2, 0) is 4.79 Å². The van der Waals surface area contributed by atoms with Gasteiger partial charge in [-0.05, 0) is 61.7 Å². The molecule has 3 rings (SSSR count). The quantitative estimate of drug-likeness (QED) is 0.153. The normalized spacial score (nSPS) is 11.1. The Labute approximate surface area is 181 Å². The van der Waals surface area contributed by atoms with E-state index in [1.807, 2.05) is 32.0 Å². The third-order valence-corrected chi connectivity index (χ3v) is 4.58. The molecule has 0 saturated heterocycles. The highest BCUT2D eigenvalue weighted by Crippen LogP contribution is 2.29. The first-order chi connectivity index (χ1) is 15.0. The molecule has 6 heteroatoms. The van der Waals surface area contributed by atoms with Crippen molar-refractivity contribution in [3.8, 4) is 17.2 Å². The lowest BCUT2D eigenvalue weighted by atomic mass is 10.1. The van der Waals surface area contributed by atoms with Crippen molar-refractivity contribution in [3.05, 3.63) is 70.1 Å². The molecule has 0 aliphatic carbocycles. The summed E-state index contributed by atoms with van der Waals surface area (Å²) in [7, 11) is 0. The maximum Gasteiger partial charge on any atom is 0.336 e. The van der Waals surface area contributed by atoms with Crippen LogP contribution in [0, 0.1) is 6.92 Å². The van der Waals surface area contributed by atoms with Crippen molar-refractivity contribution in [2.24, 2.45) is 0 Å². The third kappa shape index (κ3) is 5.98. The van der Waals surface area contributed by atoms with E-state index < -0.39 is 11.6 Å². The summed E-state index contributed by atoms with van der Waals surface area (Å²) >= 11 is 0. The average Bonchev–Trinajstić information content (AvgIpc) is 2.73. The largest absolute Gasteiger partial charge is 0.490 e. The Morgan fingerprint density at radius 1 is 1.03 bits per heavy atom. The molecular formula is C25H26O6. The molecule has 0 aliphatic heterocycles. The number of aryl methyl sites for hydroxylation is 1. The van der Waals surface area contributed by atoms with Gasteiger partial charge >= 0.3 is 11.6 Å². The number of carbonyl (C=O) groups is 1. The standard InChI is InChI=1S/C25H26O6/c1-4-6-13-29-21-11-7-18(15-23(21)28-5-2)8-12-24(26)30-19-9-10-20-17(3)14-25(27)31-22(20)16-19/h7-12,14-16H,4-6,13H2,1-3H3/b12-8+. The molecule has 0 radical (unpaired) electrons. The molecule has 1 aromatic heterocycles. The van der Waals surface area contributed by atoms with Gasteiger partial charge in [0.25, 0.3) is 0 Å². The summed E-state index contributed by atoms with van der Waals surface area (Å²) in [6.45, 7) is 6.97. The maximum absolute atomic E-state index is 12.3. The molecule has 162 valence electrons. The summed E-state index contributed by atoms with van der Waals surface area (Å²) in [5, 5.41) is 0.791. The Morgan fingerprint density at radius 2 is 1.87 bits per heavy atom. The van der Waals surface area contributed by atoms with E-state index in [0.29, 0.717) is 36.0 Å². The summed E-state index contributed by atoms with van der Waals surface area (Å²) in [6, 6.07) is 11.9. The van der Waals surface area contributed by atoms with Gasteiger partial charge in [0.2, 0.25) is 0 Å². The number of hydrogen-bond acceptors (Lipinski definition) is 6. The van der Waals surface area contributed by atoms with Crippen LogP contribution in [0.25, 0.3) is 17.0 Å². The molecule has 0 aliphatic rings. The predicted molar refractivity (Wildman–Crippen MR) is 120 cm³/mol. The first kappa shape index (κ1) is 22.2. The molecule has 0 unspecified atom stereocenters. The first-order valence-electron chi connectivity index (χ1n) is 10.3. The zero-order valence-corrected chi connectivity index (χ0v) is 18.0. The van der Waals surface area contributed by atoms with Crippen LogP contribution in [0.3, 0.4) is 0 Å². The molecule has 0 bridgehead atoms. The van der Waals surface area contributed by atoms with Crippen LogP contribution in [0.4, 0.5) is 0 Å². The highest BCUT2D eigenvalue weighted by Gasteiger charge is 2.08. The van der Waals surface area contributed by atoms with Gasteiger partial charge in [0.1, 0.15) is 11.3 Å². The van der Waals surface area contributed by atoms with Gasteiger partial charge in [-0.15, -0.1) is 0 Å². The number of unbranched alkanes of at least 4 members (excludes halogenated alkanes) is 1. The Kier molecular flexibility index (Phi) is 7.49. The van der Waals surface area contributed by atoms with Crippen LogP contribution in [0.5, 0.6) is 17.2 Å². The van der Waals surface area contributed by atoms with Crippen molar-refractivity contribution >= 4 is 23.0 Å². The minimum absolute atomic E-state index is 0.297. The minimum Gasteiger partial charge on any atom is -0.490 e. The van der Waals surface area contributed by atoms with Crippen LogP contribution in [0.15, 0.2) is 57.8 Å². The Bertz CT molecular complexity index is 1140. The third-order valence-electron chi connectivity index (χ3n) is 4.58. The van der Waals surface area contributed by atoms with Gasteiger partial charge in [-0.3, -0.25) is 0 Å². The lowest BCUT2D eigenvalue weighted by Gasteiger charge is -2.12. The zero-order valence-electron chi connectivity index (χ0n) is 18.0. The maximum atomic E-state index is 12.3. The van der Waals surface area contributed by atoms with Crippen LogP contribution in [-0.4, -0.2) is 19.2 Å². The molecular weight excluding hydrogens is 396 g/mol. The van der Waals surface area contributed by atoms with Gasteiger partial charge in [0.15, 0.2) is 11.5 Å². The molecule has 0 atom stereocenters. The number of ether oxygens (including phenoxy) is 3. The summed E-state index contributed by atoms with van der Waals surface area (Å²) in [4.78, 5) is 23.8. The molecule has 3 aromatic rings. The van der Waals surface area contributed by atoms with Crippen molar-refractivity contribution in [1.82, 2.24) is 0 Å². The molecule has 6 nitrogen and oxygen atoms in total. The van der Waals surface area contributed by atoms with E-state index in [0.717, 1.165) is 29.4 Å². The number of rotatable bonds is 9. The first-order valence-corrected chi connectivity index (χ1v) is 10.3. The Hall–Kier alpha value is -3.54. The van der Waals surface area contributed by atoms with Gasteiger partial charge in [-0.1, -0.05) is 19.4 Å². The summed E-state index contributed by atoms with van der Waals surface area (Å²) in [5.41, 5.74) is 1.51. The molecule has 0 amide bonds. The molecule has 1 heterocycles. The summed E-state index contributed by atoms with van der Waals surface area (Å²) in [6.07, 6.45) is 5.00. The number of fused-ring (bicyclic) bond motifs is 1. The fourth-order valence-corrected chi connectivity index (χ4v) is 3.03. The Balaban J connectivity index is 1.71. The van der Waals surface area contributed by atoms with Gasteiger partial charge < -0.3 is 18.6 Å². The number of carbonyl (C=O) groups excluding carboxylic acids is 1. The van der Waals surface area contributed by atoms with E-state index >= 15 is 0 Å². The van der Waals surface area contributed by atoms with E-state index in [1.165, 1.54) is 18.2 Å². The van der Waals surface area contributed by atoms with E-state index in [9.17, 15) is 9.59 Å². The average molecular weight is 422 g/mol. The van der Waals surface area contributed by atoms with Crippen LogP contribution in [0.1, 0.15) is 37.8 Å². The van der Waals surface area contributed by atoms with Crippen LogP contribution >= 0.6 is 0 Å². The van der Waals surface area contributed by atoms with Crippen LogP contribution in [0.2, 0.25) is 0 Å². The van der Waals surface area contributed by atoms with E-state index in [1.54, 1.807) is 18.2 Å². The van der Waals surface area contributed by atoms with Gasteiger partial charge in [-0.25, -0.2) is 9.59 Å². The monoisotopic (exact) mass is 422 g/mol. The second-order valence-corrected chi connectivity index (χ2v) is 7.00. The van der Waals surface area contributed by atoms with Gasteiger partial charge in [0, 0.05) is 23.6 Å². The van der Waals surface area contributed by atoms with Gasteiger partial charge in [-0.2, -0.15) is 0 Å². The van der Waals surface area contributed by atoms with Crippen molar-refractivity contribution in [3.63, 3.8) is 0 Å². The highest BCUT2D eigenvalue weighted by molar-refractivity contribution is 5.89. The molecule has 31 heavy (non-hydrogen) atoms. The topological polar surface area (TPSA) is 75.0 Å². The molecule has 0 fully saturated rings. The number of benzene rings is 2. The minimum atomic E-state index is -0.546. The summed E-state index contributed by atoms with van der Waals surface area (Å²) < 4.78 is 22.0. The second-order valence-electron chi connectivity index (χ2n) is 7.00. The van der Waals surface area contributed by atoms with Crippen molar-refractivity contribution in [2.75, 3.05) is 13.2 Å². The SMILES string of the molecule is CCCCOc1ccc(/C=C/C(=O)Oc2ccc3c(C)cc(=O)oc3c2)cc1OCC. The highest BCUT2D eigenvalue weighted by atomic mass is 16.5. The summed E-state index contributed by atoms with van der Waals surface area (Å²) in [5.74, 6) is 1.07. The molecule has 0 N–H and O–H groups in total. The fraction of sp³-hybridized carbons (Fsp3) is 0.280. The number of hydrogen-bond donors (Lipinski definition) is 0. The van der Waals surface area contributed by atoms with E-state index in [2.05, 4.69) is 6.92 Å². The number of esters is 1. The molecule has 0 spiro atoms. The molecule has 2 aromatic carbocycles. The smallest absolute Gasteiger partial charge is 0.336 e. The van der Waals surface area contributed by atoms with E-state index in [-0.39, 0.29) is 0 Å². The zero-order chi connectivity index (χ0) is 22.2. The predicted octanol–water partition coefficient (Wildman–Crippen LogP) is 5.30. The fourth-order valence-electron chi connectivity index (χ4n) is 3.03. The van der Waals surface area contributed by atoms with Crippen molar-refractivity contribution in [2.45, 2.75) is 33.6 Å². The van der Waals surface area contributed by atoms with E-state index in [4.69, 9.17) is 18.6 Å². The molecule has 0 saturated carbocycles. The van der Waals surface area contributed by atoms with Crippen molar-refractivity contribution in [1.29, 1.82) is 0 Å². The van der Waals surface area contributed by atoms with Gasteiger partial charge in [0.05, 0.1) is 13.2 Å². The second kappa shape index (κ2) is 10.5. The lowest BCUT2D eigenvalue weighted by Crippen LogP contribution is -2.04. The lowest BCUT2D eigenvalue weighted by molar-refractivity contribution is -0.128. The van der Waals surface area contributed by atoms with Crippen molar-refractivity contribution < 1.29 is 23.4 Å².